The standard InChI is InChI=1S/C18H15NS2/c1-2-11-20-18-17-16(12-7-3-5-9-14(12)19-18)13-8-4-6-10-15(13)21-17/h3-10H,2,11H2,1H3. The molecule has 0 radical (unpaired) electrons. The summed E-state index contributed by atoms with van der Waals surface area (Å²) < 4.78 is 2.69. The predicted molar refractivity (Wildman–Crippen MR) is 95.6 cm³/mol. The molecule has 2 heterocycles. The Morgan fingerprint density at radius 1 is 1.00 bits per heavy atom. The molecule has 0 atom stereocenters. The predicted octanol–water partition coefficient (Wildman–Crippen LogP) is 6.10. The van der Waals surface area contributed by atoms with Gasteiger partial charge in [-0.05, 0) is 24.3 Å². The molecular weight excluding hydrogens is 294 g/mol. The van der Waals surface area contributed by atoms with Crippen LogP contribution in [-0.2, 0) is 0 Å². The van der Waals surface area contributed by atoms with Crippen molar-refractivity contribution in [2.45, 2.75) is 18.4 Å². The van der Waals surface area contributed by atoms with Crippen LogP contribution < -0.4 is 0 Å². The Morgan fingerprint density at radius 2 is 1.76 bits per heavy atom. The molecule has 3 heteroatoms. The molecule has 0 bridgehead atoms. The molecule has 1 nitrogen and oxygen atoms in total. The maximum atomic E-state index is 4.91. The molecule has 0 aliphatic carbocycles. The van der Waals surface area contributed by atoms with Crippen LogP contribution >= 0.6 is 23.1 Å². The lowest BCUT2D eigenvalue weighted by atomic mass is 10.1. The molecule has 0 fully saturated rings. The molecule has 2 aromatic heterocycles. The molecule has 0 spiro atoms. The van der Waals surface area contributed by atoms with Crippen LogP contribution in [-0.4, -0.2) is 10.7 Å². The quantitative estimate of drug-likeness (QED) is 0.424. The average Bonchev–Trinajstić information content (AvgIpc) is 2.92. The number of pyridine rings is 1. The van der Waals surface area contributed by atoms with Crippen molar-refractivity contribution in [3.05, 3.63) is 48.5 Å². The van der Waals surface area contributed by atoms with E-state index in [1.54, 1.807) is 0 Å². The third kappa shape index (κ3) is 2.12. The van der Waals surface area contributed by atoms with Crippen molar-refractivity contribution < 1.29 is 0 Å². The summed E-state index contributed by atoms with van der Waals surface area (Å²) in [4.78, 5) is 4.91. The van der Waals surface area contributed by atoms with Gasteiger partial charge in [0.15, 0.2) is 0 Å². The van der Waals surface area contributed by atoms with Gasteiger partial charge in [0, 0.05) is 20.9 Å². The van der Waals surface area contributed by atoms with Gasteiger partial charge in [0.1, 0.15) is 5.03 Å². The summed E-state index contributed by atoms with van der Waals surface area (Å²) in [5.74, 6) is 1.12. The van der Waals surface area contributed by atoms with E-state index in [9.17, 15) is 0 Å². The summed E-state index contributed by atoms with van der Waals surface area (Å²) in [7, 11) is 0. The monoisotopic (exact) mass is 309 g/mol. The zero-order valence-corrected chi connectivity index (χ0v) is 13.4. The fraction of sp³-hybridized carbons (Fsp3) is 0.167. The molecule has 21 heavy (non-hydrogen) atoms. The van der Waals surface area contributed by atoms with E-state index < -0.39 is 0 Å². The van der Waals surface area contributed by atoms with Crippen LogP contribution in [0.2, 0.25) is 0 Å². The zero-order valence-electron chi connectivity index (χ0n) is 11.8. The van der Waals surface area contributed by atoms with Crippen molar-refractivity contribution in [2.24, 2.45) is 0 Å². The number of benzene rings is 2. The van der Waals surface area contributed by atoms with Crippen molar-refractivity contribution in [2.75, 3.05) is 5.75 Å². The van der Waals surface area contributed by atoms with E-state index in [0.717, 1.165) is 11.3 Å². The van der Waals surface area contributed by atoms with Crippen LogP contribution in [0.5, 0.6) is 0 Å². The average molecular weight is 309 g/mol. The second-order valence-corrected chi connectivity index (χ2v) is 7.22. The molecule has 4 rings (SSSR count). The zero-order chi connectivity index (χ0) is 14.2. The van der Waals surface area contributed by atoms with Crippen LogP contribution in [0.3, 0.4) is 0 Å². The highest BCUT2D eigenvalue weighted by molar-refractivity contribution is 7.99. The van der Waals surface area contributed by atoms with E-state index in [1.807, 2.05) is 23.1 Å². The Morgan fingerprint density at radius 3 is 2.62 bits per heavy atom. The van der Waals surface area contributed by atoms with Gasteiger partial charge in [-0.25, -0.2) is 4.98 Å². The summed E-state index contributed by atoms with van der Waals surface area (Å²) in [5, 5.41) is 5.19. The first kappa shape index (κ1) is 13.1. The summed E-state index contributed by atoms with van der Waals surface area (Å²) in [6.45, 7) is 2.22. The maximum Gasteiger partial charge on any atom is 0.115 e. The first-order valence-corrected chi connectivity index (χ1v) is 9.01. The van der Waals surface area contributed by atoms with E-state index in [-0.39, 0.29) is 0 Å². The van der Waals surface area contributed by atoms with Crippen LogP contribution in [0.25, 0.3) is 31.1 Å². The van der Waals surface area contributed by atoms with Gasteiger partial charge in [-0.3, -0.25) is 0 Å². The molecule has 0 N–H and O–H groups in total. The second kappa shape index (κ2) is 5.32. The molecule has 0 saturated heterocycles. The number of thiophene rings is 1. The Hall–Kier alpha value is -1.58. The highest BCUT2D eigenvalue weighted by Crippen LogP contribution is 2.42. The molecule has 0 amide bonds. The Kier molecular flexibility index (Phi) is 3.32. The fourth-order valence-electron chi connectivity index (χ4n) is 2.70. The van der Waals surface area contributed by atoms with Crippen LogP contribution in [0.15, 0.2) is 53.6 Å². The number of aromatic nitrogens is 1. The van der Waals surface area contributed by atoms with E-state index in [4.69, 9.17) is 4.98 Å². The topological polar surface area (TPSA) is 12.9 Å². The van der Waals surface area contributed by atoms with Gasteiger partial charge in [0.25, 0.3) is 0 Å². The van der Waals surface area contributed by atoms with Crippen molar-refractivity contribution in [1.82, 2.24) is 4.98 Å². The van der Waals surface area contributed by atoms with Gasteiger partial charge in [-0.2, -0.15) is 0 Å². The molecule has 0 aliphatic rings. The summed E-state index contributed by atoms with van der Waals surface area (Å²) in [6, 6.07) is 17.2. The number of hydrogen-bond donors (Lipinski definition) is 0. The lowest BCUT2D eigenvalue weighted by Crippen LogP contribution is -1.85. The van der Waals surface area contributed by atoms with Crippen LogP contribution in [0.1, 0.15) is 13.3 Å². The molecule has 2 aromatic carbocycles. The molecule has 104 valence electrons. The number of nitrogens with zero attached hydrogens (tertiary/aromatic N) is 1. The summed E-state index contributed by atoms with van der Waals surface area (Å²) in [6.07, 6.45) is 1.17. The highest BCUT2D eigenvalue weighted by atomic mass is 32.2. The smallest absolute Gasteiger partial charge is 0.115 e. The lowest BCUT2D eigenvalue weighted by molar-refractivity contribution is 1.10. The molecule has 0 aliphatic heterocycles. The Bertz CT molecular complexity index is 940. The number of thioether (sulfide) groups is 1. The van der Waals surface area contributed by atoms with Gasteiger partial charge in [0.05, 0.1) is 10.2 Å². The van der Waals surface area contributed by atoms with Crippen LogP contribution in [0, 0.1) is 0 Å². The van der Waals surface area contributed by atoms with Crippen molar-refractivity contribution >= 4 is 54.2 Å². The minimum absolute atomic E-state index is 1.10. The normalized spacial score (nSPS) is 11.7. The first-order chi connectivity index (χ1) is 10.4. The van der Waals surface area contributed by atoms with Gasteiger partial charge in [0.2, 0.25) is 0 Å². The molecule has 4 aromatic rings. The van der Waals surface area contributed by atoms with E-state index >= 15 is 0 Å². The number of rotatable bonds is 3. The molecule has 0 unspecified atom stereocenters. The van der Waals surface area contributed by atoms with Gasteiger partial charge >= 0.3 is 0 Å². The summed E-state index contributed by atoms with van der Waals surface area (Å²) in [5.41, 5.74) is 1.10. The number of fused-ring (bicyclic) bond motifs is 5. The van der Waals surface area contributed by atoms with Gasteiger partial charge in [-0.15, -0.1) is 23.1 Å². The van der Waals surface area contributed by atoms with Crippen molar-refractivity contribution in [1.29, 1.82) is 0 Å². The van der Waals surface area contributed by atoms with Gasteiger partial charge in [-0.1, -0.05) is 43.3 Å². The Labute approximate surface area is 132 Å². The fourth-order valence-corrected chi connectivity index (χ4v) is 4.90. The lowest BCUT2D eigenvalue weighted by Gasteiger charge is -2.05. The van der Waals surface area contributed by atoms with Crippen molar-refractivity contribution in [3.8, 4) is 0 Å². The minimum Gasteiger partial charge on any atom is -0.240 e. The third-order valence-electron chi connectivity index (χ3n) is 3.63. The second-order valence-electron chi connectivity index (χ2n) is 5.08. The number of para-hydroxylation sites is 1. The third-order valence-corrected chi connectivity index (χ3v) is 6.12. The summed E-state index contributed by atoms with van der Waals surface area (Å²) >= 11 is 3.75. The Balaban J connectivity index is 2.16. The maximum absolute atomic E-state index is 4.91. The largest absolute Gasteiger partial charge is 0.240 e. The first-order valence-electron chi connectivity index (χ1n) is 7.21. The SMILES string of the molecule is CCCSc1nc2ccccc2c2c1sc1ccccc12. The number of hydrogen-bond acceptors (Lipinski definition) is 3. The van der Waals surface area contributed by atoms with Crippen LogP contribution in [0.4, 0.5) is 0 Å². The van der Waals surface area contributed by atoms with E-state index in [2.05, 4.69) is 55.5 Å². The molecule has 0 saturated carbocycles. The van der Waals surface area contributed by atoms with E-state index in [0.29, 0.717) is 0 Å². The van der Waals surface area contributed by atoms with E-state index in [1.165, 1.54) is 37.0 Å². The van der Waals surface area contributed by atoms with Gasteiger partial charge < -0.3 is 0 Å². The van der Waals surface area contributed by atoms with Crippen molar-refractivity contribution in [3.63, 3.8) is 0 Å². The highest BCUT2D eigenvalue weighted by Gasteiger charge is 2.14. The minimum atomic E-state index is 1.10. The molecular formula is C18H15NS2.